The van der Waals surface area contributed by atoms with E-state index in [9.17, 15) is 0 Å². The van der Waals surface area contributed by atoms with Crippen molar-refractivity contribution in [3.05, 3.63) is 69.2 Å². The largest absolute Gasteiger partial charge is 0.320 e. The molecule has 0 heterocycles. The van der Waals surface area contributed by atoms with E-state index >= 15 is 0 Å². The number of hydrogen-bond donors (Lipinski definition) is 1. The van der Waals surface area contributed by atoms with E-state index in [1.807, 2.05) is 6.07 Å². The SMILES string of the molecule is CCC(C)(C)c1ccc(C(N)c2cc(Cl)ccc2Cl)cc1. The normalized spacial score (nSPS) is 13.2. The molecule has 1 atom stereocenters. The number of hydrogen-bond acceptors (Lipinski definition) is 1. The molecular formula is C18H21Cl2N. The van der Waals surface area contributed by atoms with Crippen LogP contribution >= 0.6 is 23.2 Å². The summed E-state index contributed by atoms with van der Waals surface area (Å²) in [4.78, 5) is 0. The molecule has 2 N–H and O–H groups in total. The van der Waals surface area contributed by atoms with Crippen LogP contribution in [0.25, 0.3) is 0 Å². The zero-order valence-electron chi connectivity index (χ0n) is 12.7. The van der Waals surface area contributed by atoms with Crippen LogP contribution in [-0.2, 0) is 5.41 Å². The maximum absolute atomic E-state index is 6.33. The number of halogens is 2. The highest BCUT2D eigenvalue weighted by Crippen LogP contribution is 2.31. The third-order valence-electron chi connectivity index (χ3n) is 4.23. The van der Waals surface area contributed by atoms with Gasteiger partial charge in [0.25, 0.3) is 0 Å². The fourth-order valence-corrected chi connectivity index (χ4v) is 2.69. The van der Waals surface area contributed by atoms with Crippen molar-refractivity contribution in [1.29, 1.82) is 0 Å². The van der Waals surface area contributed by atoms with Crippen LogP contribution in [0.2, 0.25) is 10.0 Å². The quantitative estimate of drug-likeness (QED) is 0.764. The molecule has 2 aromatic carbocycles. The van der Waals surface area contributed by atoms with Crippen LogP contribution in [0, 0.1) is 0 Å². The minimum Gasteiger partial charge on any atom is -0.320 e. The maximum atomic E-state index is 6.33. The van der Waals surface area contributed by atoms with E-state index < -0.39 is 0 Å². The topological polar surface area (TPSA) is 26.0 Å². The molecule has 0 amide bonds. The van der Waals surface area contributed by atoms with Gasteiger partial charge in [-0.25, -0.2) is 0 Å². The van der Waals surface area contributed by atoms with E-state index in [2.05, 4.69) is 45.0 Å². The van der Waals surface area contributed by atoms with Crippen LogP contribution < -0.4 is 5.73 Å². The average Bonchev–Trinajstić information content (AvgIpc) is 2.49. The fourth-order valence-electron chi connectivity index (χ4n) is 2.28. The Morgan fingerprint density at radius 2 is 1.67 bits per heavy atom. The Balaban J connectivity index is 2.32. The molecule has 0 bridgehead atoms. The van der Waals surface area contributed by atoms with Crippen molar-refractivity contribution in [3.63, 3.8) is 0 Å². The van der Waals surface area contributed by atoms with Gasteiger partial charge in [-0.2, -0.15) is 0 Å². The molecule has 112 valence electrons. The molecule has 0 aliphatic rings. The second kappa shape index (κ2) is 6.39. The third-order valence-corrected chi connectivity index (χ3v) is 4.81. The number of nitrogens with two attached hydrogens (primary N) is 1. The van der Waals surface area contributed by atoms with Gasteiger partial charge >= 0.3 is 0 Å². The highest BCUT2D eigenvalue weighted by molar-refractivity contribution is 6.33. The molecule has 21 heavy (non-hydrogen) atoms. The summed E-state index contributed by atoms with van der Waals surface area (Å²) in [6.07, 6.45) is 1.10. The van der Waals surface area contributed by atoms with Crippen molar-refractivity contribution in [2.24, 2.45) is 5.73 Å². The van der Waals surface area contributed by atoms with Crippen molar-refractivity contribution < 1.29 is 0 Å². The summed E-state index contributed by atoms with van der Waals surface area (Å²) in [5.41, 5.74) is 9.72. The van der Waals surface area contributed by atoms with Gasteiger partial charge in [-0.15, -0.1) is 0 Å². The predicted octanol–water partition coefficient (Wildman–Crippen LogP) is 5.73. The zero-order chi connectivity index (χ0) is 15.6. The first-order chi connectivity index (χ1) is 9.85. The Hall–Kier alpha value is -1.02. The first-order valence-corrected chi connectivity index (χ1v) is 7.91. The van der Waals surface area contributed by atoms with Crippen LogP contribution in [-0.4, -0.2) is 0 Å². The van der Waals surface area contributed by atoms with Gasteiger partial charge in [-0.3, -0.25) is 0 Å². The van der Waals surface area contributed by atoms with Gasteiger partial charge in [-0.1, -0.05) is 68.2 Å². The van der Waals surface area contributed by atoms with Crippen molar-refractivity contribution in [3.8, 4) is 0 Å². The third kappa shape index (κ3) is 3.60. The lowest BCUT2D eigenvalue weighted by atomic mass is 9.81. The van der Waals surface area contributed by atoms with Gasteiger partial charge in [0.1, 0.15) is 0 Å². The van der Waals surface area contributed by atoms with Gasteiger partial charge in [0, 0.05) is 10.0 Å². The first kappa shape index (κ1) is 16.4. The number of rotatable bonds is 4. The molecule has 1 unspecified atom stereocenters. The summed E-state index contributed by atoms with van der Waals surface area (Å²) in [6.45, 7) is 6.69. The molecule has 0 aliphatic carbocycles. The molecule has 0 aromatic heterocycles. The van der Waals surface area contributed by atoms with Crippen LogP contribution in [0.5, 0.6) is 0 Å². The molecule has 0 saturated carbocycles. The molecule has 0 saturated heterocycles. The van der Waals surface area contributed by atoms with Gasteiger partial charge in [0.2, 0.25) is 0 Å². The van der Waals surface area contributed by atoms with Gasteiger partial charge in [0.05, 0.1) is 6.04 Å². The Bertz CT molecular complexity index is 618. The van der Waals surface area contributed by atoms with E-state index in [1.165, 1.54) is 5.56 Å². The Morgan fingerprint density at radius 1 is 1.05 bits per heavy atom. The fraction of sp³-hybridized carbons (Fsp3) is 0.333. The summed E-state index contributed by atoms with van der Waals surface area (Å²) in [5.74, 6) is 0. The summed E-state index contributed by atoms with van der Waals surface area (Å²) in [7, 11) is 0. The first-order valence-electron chi connectivity index (χ1n) is 7.16. The molecule has 0 aliphatic heterocycles. The molecule has 2 aromatic rings. The summed E-state index contributed by atoms with van der Waals surface area (Å²) in [6, 6.07) is 13.6. The lowest BCUT2D eigenvalue weighted by Gasteiger charge is -2.24. The average molecular weight is 322 g/mol. The second-order valence-electron chi connectivity index (χ2n) is 6.00. The monoisotopic (exact) mass is 321 g/mol. The Morgan fingerprint density at radius 3 is 2.24 bits per heavy atom. The van der Waals surface area contributed by atoms with Gasteiger partial charge in [0.15, 0.2) is 0 Å². The maximum Gasteiger partial charge on any atom is 0.0566 e. The Labute approximate surface area is 137 Å². The number of benzene rings is 2. The van der Waals surface area contributed by atoms with E-state index in [4.69, 9.17) is 28.9 Å². The summed E-state index contributed by atoms with van der Waals surface area (Å²) < 4.78 is 0. The van der Waals surface area contributed by atoms with E-state index in [1.54, 1.807) is 12.1 Å². The molecule has 0 spiro atoms. The molecule has 0 radical (unpaired) electrons. The van der Waals surface area contributed by atoms with Crippen LogP contribution in [0.15, 0.2) is 42.5 Å². The standard InChI is InChI=1S/C18H21Cl2N/c1-4-18(2,3)13-7-5-12(6-8-13)17(21)15-11-14(19)9-10-16(15)20/h5-11,17H,4,21H2,1-3H3. The highest BCUT2D eigenvalue weighted by atomic mass is 35.5. The molecule has 2 rings (SSSR count). The highest BCUT2D eigenvalue weighted by Gasteiger charge is 2.19. The lowest BCUT2D eigenvalue weighted by Crippen LogP contribution is -2.16. The van der Waals surface area contributed by atoms with Gasteiger partial charge in [-0.05, 0) is 46.7 Å². The van der Waals surface area contributed by atoms with Crippen molar-refractivity contribution >= 4 is 23.2 Å². The minimum absolute atomic E-state index is 0.177. The van der Waals surface area contributed by atoms with Crippen molar-refractivity contribution in [1.82, 2.24) is 0 Å². The Kier molecular flexibility index (Phi) is 4.98. The predicted molar refractivity (Wildman–Crippen MR) is 92.3 cm³/mol. The van der Waals surface area contributed by atoms with Crippen LogP contribution in [0.1, 0.15) is 49.9 Å². The van der Waals surface area contributed by atoms with E-state index in [-0.39, 0.29) is 11.5 Å². The summed E-state index contributed by atoms with van der Waals surface area (Å²) >= 11 is 12.3. The van der Waals surface area contributed by atoms with Crippen molar-refractivity contribution in [2.75, 3.05) is 0 Å². The molecule has 1 nitrogen and oxygen atoms in total. The van der Waals surface area contributed by atoms with Crippen LogP contribution in [0.3, 0.4) is 0 Å². The van der Waals surface area contributed by atoms with E-state index in [0.29, 0.717) is 10.0 Å². The zero-order valence-corrected chi connectivity index (χ0v) is 14.2. The molecule has 3 heteroatoms. The molecule has 0 fully saturated rings. The van der Waals surface area contributed by atoms with Crippen LogP contribution in [0.4, 0.5) is 0 Å². The van der Waals surface area contributed by atoms with Crippen molar-refractivity contribution in [2.45, 2.75) is 38.6 Å². The minimum atomic E-state index is -0.269. The van der Waals surface area contributed by atoms with Gasteiger partial charge < -0.3 is 5.73 Å². The smallest absolute Gasteiger partial charge is 0.0566 e. The summed E-state index contributed by atoms with van der Waals surface area (Å²) in [5, 5.41) is 1.29. The second-order valence-corrected chi connectivity index (χ2v) is 6.85. The molecular weight excluding hydrogens is 301 g/mol. The van der Waals surface area contributed by atoms with E-state index in [0.717, 1.165) is 17.5 Å². The lowest BCUT2D eigenvalue weighted by molar-refractivity contribution is 0.506.